The molecule has 1 amide bonds. The summed E-state index contributed by atoms with van der Waals surface area (Å²) in [5, 5.41) is 2.59. The molecule has 2 atom stereocenters. The number of carbonyl (C=O) groups is 1. The van der Waals surface area contributed by atoms with Crippen LogP contribution >= 0.6 is 23.1 Å². The van der Waals surface area contributed by atoms with Crippen molar-refractivity contribution in [1.29, 1.82) is 0 Å². The first-order valence-corrected chi connectivity index (χ1v) is 7.71. The number of nitrogens with two attached hydrogens (primary N) is 1. The molecule has 0 aliphatic rings. The molecule has 96 valence electrons. The zero-order chi connectivity index (χ0) is 13.0. The molecule has 1 rings (SSSR count). The molecule has 4 nitrogen and oxygen atoms in total. The monoisotopic (exact) mass is 273 g/mol. The molecule has 1 heterocycles. The van der Waals surface area contributed by atoms with Crippen LogP contribution in [0.25, 0.3) is 0 Å². The van der Waals surface area contributed by atoms with Crippen molar-refractivity contribution in [2.45, 2.75) is 25.9 Å². The van der Waals surface area contributed by atoms with Crippen molar-refractivity contribution in [3.05, 3.63) is 16.1 Å². The van der Waals surface area contributed by atoms with Gasteiger partial charge in [-0.3, -0.25) is 4.79 Å². The van der Waals surface area contributed by atoms with Gasteiger partial charge in [0.2, 0.25) is 0 Å². The van der Waals surface area contributed by atoms with Gasteiger partial charge in [0.1, 0.15) is 10.7 Å². The highest BCUT2D eigenvalue weighted by molar-refractivity contribution is 7.98. The van der Waals surface area contributed by atoms with E-state index in [-0.39, 0.29) is 18.0 Å². The molecular formula is C11H19N3OS2. The molecule has 0 aliphatic heterocycles. The van der Waals surface area contributed by atoms with Crippen molar-refractivity contribution in [3.8, 4) is 0 Å². The van der Waals surface area contributed by atoms with E-state index in [0.29, 0.717) is 5.69 Å². The van der Waals surface area contributed by atoms with Gasteiger partial charge in [-0.2, -0.15) is 11.8 Å². The number of nitrogens with zero attached hydrogens (tertiary/aromatic N) is 2. The lowest BCUT2D eigenvalue weighted by Gasteiger charge is -2.23. The molecule has 1 aromatic heterocycles. The van der Waals surface area contributed by atoms with Gasteiger partial charge < -0.3 is 10.6 Å². The van der Waals surface area contributed by atoms with Gasteiger partial charge in [-0.05, 0) is 20.1 Å². The van der Waals surface area contributed by atoms with Gasteiger partial charge >= 0.3 is 0 Å². The van der Waals surface area contributed by atoms with Gasteiger partial charge in [0.05, 0.1) is 6.04 Å². The Kier molecular flexibility index (Phi) is 5.42. The van der Waals surface area contributed by atoms with Gasteiger partial charge in [0.25, 0.3) is 5.91 Å². The van der Waals surface area contributed by atoms with Crippen LogP contribution in [0.3, 0.4) is 0 Å². The Morgan fingerprint density at radius 2 is 2.29 bits per heavy atom. The van der Waals surface area contributed by atoms with Crippen LogP contribution in [-0.2, 0) is 0 Å². The highest BCUT2D eigenvalue weighted by Crippen LogP contribution is 2.17. The number of carbonyl (C=O) groups excluding carboxylic acids is 1. The maximum atomic E-state index is 12.1. The number of hydrogen-bond acceptors (Lipinski definition) is 5. The first-order valence-electron chi connectivity index (χ1n) is 5.44. The first kappa shape index (κ1) is 14.5. The Balaban J connectivity index is 2.74. The average molecular weight is 273 g/mol. The molecule has 0 bridgehead atoms. The summed E-state index contributed by atoms with van der Waals surface area (Å²) in [6, 6.07) is 0.0911. The fourth-order valence-electron chi connectivity index (χ4n) is 1.33. The highest BCUT2D eigenvalue weighted by atomic mass is 32.2. The SMILES string of the molecule is CSCC(C)N(C)C(=O)c1csc(C(C)N)n1. The van der Waals surface area contributed by atoms with Crippen LogP contribution in [0.15, 0.2) is 5.38 Å². The van der Waals surface area contributed by atoms with E-state index in [4.69, 9.17) is 5.73 Å². The normalized spacial score (nSPS) is 14.4. The lowest BCUT2D eigenvalue weighted by atomic mass is 10.3. The van der Waals surface area contributed by atoms with Crippen molar-refractivity contribution in [2.24, 2.45) is 5.73 Å². The zero-order valence-corrected chi connectivity index (χ0v) is 12.3. The second kappa shape index (κ2) is 6.37. The second-order valence-electron chi connectivity index (χ2n) is 4.08. The van der Waals surface area contributed by atoms with Gasteiger partial charge in [0, 0.05) is 24.2 Å². The third-order valence-electron chi connectivity index (χ3n) is 2.52. The van der Waals surface area contributed by atoms with Crippen molar-refractivity contribution in [3.63, 3.8) is 0 Å². The first-order chi connectivity index (χ1) is 7.97. The summed E-state index contributed by atoms with van der Waals surface area (Å²) >= 11 is 3.17. The minimum atomic E-state index is -0.115. The predicted molar refractivity (Wildman–Crippen MR) is 74.7 cm³/mol. The van der Waals surface area contributed by atoms with E-state index < -0.39 is 0 Å². The number of amides is 1. The van der Waals surface area contributed by atoms with Crippen LogP contribution < -0.4 is 5.73 Å². The molecular weight excluding hydrogens is 254 g/mol. The Labute approximate surface area is 111 Å². The van der Waals surface area contributed by atoms with E-state index in [2.05, 4.69) is 4.98 Å². The molecule has 0 radical (unpaired) electrons. The third kappa shape index (κ3) is 3.69. The van der Waals surface area contributed by atoms with Crippen LogP contribution in [0, 0.1) is 0 Å². The van der Waals surface area contributed by atoms with E-state index in [1.807, 2.05) is 27.2 Å². The molecule has 2 N–H and O–H groups in total. The lowest BCUT2D eigenvalue weighted by Crippen LogP contribution is -2.36. The van der Waals surface area contributed by atoms with Crippen molar-refractivity contribution >= 4 is 29.0 Å². The van der Waals surface area contributed by atoms with Crippen molar-refractivity contribution in [1.82, 2.24) is 9.88 Å². The summed E-state index contributed by atoms with van der Waals surface area (Å²) < 4.78 is 0. The van der Waals surface area contributed by atoms with Crippen LogP contribution in [0.2, 0.25) is 0 Å². The van der Waals surface area contributed by atoms with E-state index in [9.17, 15) is 4.79 Å². The molecule has 0 fully saturated rings. The lowest BCUT2D eigenvalue weighted by molar-refractivity contribution is 0.0752. The zero-order valence-electron chi connectivity index (χ0n) is 10.6. The highest BCUT2D eigenvalue weighted by Gasteiger charge is 2.20. The maximum absolute atomic E-state index is 12.1. The van der Waals surface area contributed by atoms with E-state index in [0.717, 1.165) is 10.8 Å². The molecule has 0 aromatic carbocycles. The Bertz CT molecular complexity index is 379. The van der Waals surface area contributed by atoms with Gasteiger partial charge in [-0.25, -0.2) is 4.98 Å². The molecule has 6 heteroatoms. The van der Waals surface area contributed by atoms with Gasteiger partial charge in [0.15, 0.2) is 0 Å². The number of aromatic nitrogens is 1. The fraction of sp³-hybridized carbons (Fsp3) is 0.636. The quantitative estimate of drug-likeness (QED) is 0.891. The average Bonchev–Trinajstić information content (AvgIpc) is 2.76. The molecule has 2 unspecified atom stereocenters. The summed E-state index contributed by atoms with van der Waals surface area (Å²) in [6.45, 7) is 3.90. The molecule has 1 aromatic rings. The minimum absolute atomic E-state index is 0.0327. The summed E-state index contributed by atoms with van der Waals surface area (Å²) in [7, 11) is 1.81. The minimum Gasteiger partial charge on any atom is -0.337 e. The van der Waals surface area contributed by atoms with Crippen LogP contribution in [-0.4, -0.2) is 40.9 Å². The summed E-state index contributed by atoms with van der Waals surface area (Å²) in [4.78, 5) is 18.1. The van der Waals surface area contributed by atoms with Crippen LogP contribution in [0.4, 0.5) is 0 Å². The van der Waals surface area contributed by atoms with Crippen LogP contribution in [0.1, 0.15) is 35.4 Å². The Morgan fingerprint density at radius 3 is 2.76 bits per heavy atom. The molecule has 0 spiro atoms. The van der Waals surface area contributed by atoms with Gasteiger partial charge in [-0.1, -0.05) is 0 Å². The molecule has 17 heavy (non-hydrogen) atoms. The smallest absolute Gasteiger partial charge is 0.273 e. The summed E-state index contributed by atoms with van der Waals surface area (Å²) in [6.07, 6.45) is 2.03. The molecule has 0 aliphatic carbocycles. The van der Waals surface area contributed by atoms with E-state index in [1.165, 1.54) is 11.3 Å². The van der Waals surface area contributed by atoms with Crippen LogP contribution in [0.5, 0.6) is 0 Å². The Hall–Kier alpha value is -0.590. The largest absolute Gasteiger partial charge is 0.337 e. The third-order valence-corrected chi connectivity index (χ3v) is 4.38. The van der Waals surface area contributed by atoms with Gasteiger partial charge in [-0.15, -0.1) is 11.3 Å². The maximum Gasteiger partial charge on any atom is 0.273 e. The fourth-order valence-corrected chi connectivity index (χ4v) is 2.79. The summed E-state index contributed by atoms with van der Waals surface area (Å²) in [5.74, 6) is 0.890. The van der Waals surface area contributed by atoms with Crippen molar-refractivity contribution in [2.75, 3.05) is 19.1 Å². The standard InChI is InChI=1S/C11H19N3OS2/c1-7(5-16-4)14(3)11(15)9-6-17-10(13-9)8(2)12/h6-8H,5,12H2,1-4H3. The number of hydrogen-bond donors (Lipinski definition) is 1. The number of thioether (sulfide) groups is 1. The molecule has 0 saturated heterocycles. The Morgan fingerprint density at radius 1 is 1.65 bits per heavy atom. The second-order valence-corrected chi connectivity index (χ2v) is 5.88. The topological polar surface area (TPSA) is 59.2 Å². The van der Waals surface area contributed by atoms with E-state index >= 15 is 0 Å². The molecule has 0 saturated carbocycles. The summed E-state index contributed by atoms with van der Waals surface area (Å²) in [5.41, 5.74) is 6.23. The number of thiazole rings is 1. The van der Waals surface area contributed by atoms with E-state index in [1.54, 1.807) is 22.0 Å². The van der Waals surface area contributed by atoms with Crippen molar-refractivity contribution < 1.29 is 4.79 Å². The predicted octanol–water partition coefficient (Wildman–Crippen LogP) is 1.99. The number of rotatable bonds is 5.